The number of benzene rings is 1. The van der Waals surface area contributed by atoms with Gasteiger partial charge in [-0.05, 0) is 19.0 Å². The number of aliphatic hydroxyl groups excluding tert-OH is 2. The molecular weight excluding hydrogens is 282 g/mol. The van der Waals surface area contributed by atoms with Crippen molar-refractivity contribution < 1.29 is 19.7 Å². The molecule has 0 aliphatic carbocycles. The normalized spacial score (nSPS) is 32.7. The van der Waals surface area contributed by atoms with Crippen LogP contribution in [0.25, 0.3) is 0 Å². The van der Waals surface area contributed by atoms with E-state index in [1.807, 2.05) is 37.4 Å². The Morgan fingerprint density at radius 1 is 1.32 bits per heavy atom. The van der Waals surface area contributed by atoms with Gasteiger partial charge in [-0.1, -0.05) is 30.3 Å². The lowest BCUT2D eigenvalue weighted by atomic mass is 9.98. The van der Waals surface area contributed by atoms with E-state index in [9.17, 15) is 15.0 Å². The number of ether oxygens (including phenoxy) is 1. The summed E-state index contributed by atoms with van der Waals surface area (Å²) in [5.74, 6) is -1.01. The van der Waals surface area contributed by atoms with Gasteiger partial charge < -0.3 is 14.9 Å². The van der Waals surface area contributed by atoms with Crippen molar-refractivity contribution in [1.29, 1.82) is 0 Å². The molecule has 2 bridgehead atoms. The fraction of sp³-hybridized carbons (Fsp3) is 0.588. The number of carbonyl (C=O) groups excluding carboxylic acids is 1. The van der Waals surface area contributed by atoms with E-state index in [0.29, 0.717) is 6.42 Å². The maximum Gasteiger partial charge on any atom is 0.316 e. The van der Waals surface area contributed by atoms with Gasteiger partial charge in [0.15, 0.2) is 0 Å². The molecule has 5 atom stereocenters. The molecule has 2 N–H and O–H groups in total. The summed E-state index contributed by atoms with van der Waals surface area (Å²) in [7, 11) is 2.02. The SMILES string of the molecule is CN1C2CC(OC(=O)[C@H](CO)c3ccccc3)C[C@H]1CC2O. The zero-order chi connectivity index (χ0) is 15.7. The molecule has 22 heavy (non-hydrogen) atoms. The van der Waals surface area contributed by atoms with Crippen LogP contribution in [0.4, 0.5) is 0 Å². The fourth-order valence-electron chi connectivity index (χ4n) is 3.74. The second kappa shape index (κ2) is 6.36. The zero-order valence-electron chi connectivity index (χ0n) is 12.8. The van der Waals surface area contributed by atoms with Gasteiger partial charge in [-0.3, -0.25) is 9.69 Å². The van der Waals surface area contributed by atoms with Crippen LogP contribution in [-0.4, -0.2) is 59.0 Å². The van der Waals surface area contributed by atoms with Gasteiger partial charge in [0.2, 0.25) is 0 Å². The molecule has 5 heteroatoms. The lowest BCUT2D eigenvalue weighted by molar-refractivity contribution is -0.155. The van der Waals surface area contributed by atoms with Gasteiger partial charge in [0.25, 0.3) is 0 Å². The van der Waals surface area contributed by atoms with Gasteiger partial charge in [0.05, 0.1) is 12.7 Å². The predicted octanol–water partition coefficient (Wildman–Crippen LogP) is 0.902. The van der Waals surface area contributed by atoms with E-state index < -0.39 is 5.92 Å². The lowest BCUT2D eigenvalue weighted by Gasteiger charge is -2.36. The molecule has 5 nitrogen and oxygen atoms in total. The molecule has 0 saturated carbocycles. The number of fused-ring (bicyclic) bond motifs is 2. The molecule has 0 amide bonds. The van der Waals surface area contributed by atoms with E-state index in [1.165, 1.54) is 0 Å². The predicted molar refractivity (Wildman–Crippen MR) is 81.3 cm³/mol. The Hall–Kier alpha value is -1.43. The number of esters is 1. The number of nitrogens with zero attached hydrogens (tertiary/aromatic N) is 1. The third-order valence-electron chi connectivity index (χ3n) is 5.05. The highest BCUT2D eigenvalue weighted by Gasteiger charge is 2.45. The Morgan fingerprint density at radius 3 is 2.68 bits per heavy atom. The van der Waals surface area contributed by atoms with Gasteiger partial charge in [0, 0.05) is 24.9 Å². The average Bonchev–Trinajstić information content (AvgIpc) is 2.68. The maximum atomic E-state index is 12.4. The summed E-state index contributed by atoms with van der Waals surface area (Å²) in [4.78, 5) is 14.6. The molecule has 1 aromatic carbocycles. The maximum absolute atomic E-state index is 12.4. The van der Waals surface area contributed by atoms with Crippen LogP contribution in [0.2, 0.25) is 0 Å². The van der Waals surface area contributed by atoms with Gasteiger partial charge in [-0.15, -0.1) is 0 Å². The third kappa shape index (κ3) is 2.89. The first-order valence-corrected chi connectivity index (χ1v) is 7.86. The van der Waals surface area contributed by atoms with Crippen molar-refractivity contribution in [2.75, 3.05) is 13.7 Å². The van der Waals surface area contributed by atoms with Gasteiger partial charge in [-0.25, -0.2) is 0 Å². The summed E-state index contributed by atoms with van der Waals surface area (Å²) in [5.41, 5.74) is 0.769. The number of rotatable bonds is 4. The fourth-order valence-corrected chi connectivity index (χ4v) is 3.74. The van der Waals surface area contributed by atoms with Crippen LogP contribution >= 0.6 is 0 Å². The van der Waals surface area contributed by atoms with Crippen LogP contribution in [0, 0.1) is 0 Å². The summed E-state index contributed by atoms with van der Waals surface area (Å²) in [6.07, 6.45) is 1.66. The van der Waals surface area contributed by atoms with Gasteiger partial charge >= 0.3 is 5.97 Å². The molecule has 1 aromatic rings. The second-order valence-corrected chi connectivity index (χ2v) is 6.37. The quantitative estimate of drug-likeness (QED) is 0.809. The molecule has 0 spiro atoms. The molecule has 2 fully saturated rings. The Labute approximate surface area is 130 Å². The minimum Gasteiger partial charge on any atom is -0.462 e. The van der Waals surface area contributed by atoms with Crippen molar-refractivity contribution in [3.05, 3.63) is 35.9 Å². The number of carbonyl (C=O) groups is 1. The largest absolute Gasteiger partial charge is 0.462 e. The van der Waals surface area contributed by atoms with Crippen LogP contribution in [-0.2, 0) is 9.53 Å². The van der Waals surface area contributed by atoms with Crippen LogP contribution < -0.4 is 0 Å². The Morgan fingerprint density at radius 2 is 2.05 bits per heavy atom. The molecule has 0 aromatic heterocycles. The van der Waals surface area contributed by atoms with Crippen molar-refractivity contribution >= 4 is 5.97 Å². The van der Waals surface area contributed by atoms with E-state index >= 15 is 0 Å². The molecule has 120 valence electrons. The summed E-state index contributed by atoms with van der Waals surface area (Å²) in [5, 5.41) is 19.6. The van der Waals surface area contributed by atoms with E-state index in [0.717, 1.165) is 18.4 Å². The highest BCUT2D eigenvalue weighted by molar-refractivity contribution is 5.78. The minimum atomic E-state index is -0.636. The highest BCUT2D eigenvalue weighted by Crippen LogP contribution is 2.36. The van der Waals surface area contributed by atoms with Crippen LogP contribution in [0.5, 0.6) is 0 Å². The van der Waals surface area contributed by atoms with Crippen molar-refractivity contribution in [3.8, 4) is 0 Å². The highest BCUT2D eigenvalue weighted by atomic mass is 16.5. The summed E-state index contributed by atoms with van der Waals surface area (Å²) < 4.78 is 5.64. The third-order valence-corrected chi connectivity index (χ3v) is 5.05. The first-order valence-electron chi connectivity index (χ1n) is 7.86. The molecule has 2 aliphatic heterocycles. The average molecular weight is 305 g/mol. The van der Waals surface area contributed by atoms with E-state index in [4.69, 9.17) is 4.74 Å². The number of aliphatic hydroxyl groups is 2. The number of hydrogen-bond acceptors (Lipinski definition) is 5. The first kappa shape index (κ1) is 15.5. The lowest BCUT2D eigenvalue weighted by Crippen LogP contribution is -2.45. The molecule has 3 rings (SSSR count). The van der Waals surface area contributed by atoms with Crippen LogP contribution in [0.3, 0.4) is 0 Å². The van der Waals surface area contributed by atoms with Crippen molar-refractivity contribution in [3.63, 3.8) is 0 Å². The monoisotopic (exact) mass is 305 g/mol. The number of piperidine rings is 1. The first-order chi connectivity index (χ1) is 10.6. The summed E-state index contributed by atoms with van der Waals surface area (Å²) in [6.45, 7) is -0.259. The molecular formula is C17H23NO4. The summed E-state index contributed by atoms with van der Waals surface area (Å²) >= 11 is 0. The van der Waals surface area contributed by atoms with Crippen LogP contribution in [0.15, 0.2) is 30.3 Å². The molecule has 3 unspecified atom stereocenters. The summed E-state index contributed by atoms with van der Waals surface area (Å²) in [6, 6.07) is 9.56. The van der Waals surface area contributed by atoms with E-state index in [1.54, 1.807) is 0 Å². The van der Waals surface area contributed by atoms with E-state index in [2.05, 4.69) is 4.90 Å². The topological polar surface area (TPSA) is 70.0 Å². The minimum absolute atomic E-state index is 0.0702. The van der Waals surface area contributed by atoms with Gasteiger partial charge in [0.1, 0.15) is 12.0 Å². The Bertz CT molecular complexity index is 521. The van der Waals surface area contributed by atoms with Crippen molar-refractivity contribution in [2.45, 2.75) is 49.5 Å². The standard InChI is InChI=1S/C17H23NO4/c1-18-12-7-13(9-15(18)16(20)8-12)22-17(21)14(10-19)11-5-3-2-4-6-11/h2-6,12-16,19-20H,7-10H2,1H3/t12-,13?,14+,15?,16?/m0/s1. The van der Waals surface area contributed by atoms with E-state index in [-0.39, 0.29) is 36.9 Å². The zero-order valence-corrected chi connectivity index (χ0v) is 12.8. The van der Waals surface area contributed by atoms with Crippen LogP contribution in [0.1, 0.15) is 30.7 Å². The number of hydrogen-bond donors (Lipinski definition) is 2. The molecule has 2 aliphatic rings. The number of likely N-dealkylation sites (N-methyl/N-ethyl adjacent to an activating group) is 1. The van der Waals surface area contributed by atoms with Crippen molar-refractivity contribution in [1.82, 2.24) is 4.90 Å². The molecule has 2 saturated heterocycles. The van der Waals surface area contributed by atoms with Crippen molar-refractivity contribution in [2.24, 2.45) is 0 Å². The Balaban J connectivity index is 1.65. The Kier molecular flexibility index (Phi) is 4.47. The molecule has 0 radical (unpaired) electrons. The second-order valence-electron chi connectivity index (χ2n) is 6.37. The molecule has 2 heterocycles. The smallest absolute Gasteiger partial charge is 0.316 e. The van der Waals surface area contributed by atoms with Gasteiger partial charge in [-0.2, -0.15) is 0 Å².